The number of carbonyl (C=O) groups excluding carboxylic acids is 1. The Balaban J connectivity index is 1.96. The van der Waals surface area contributed by atoms with Gasteiger partial charge in [-0.15, -0.1) is 0 Å². The van der Waals surface area contributed by atoms with Gasteiger partial charge in [0.25, 0.3) is 10.4 Å². The molecule has 1 aliphatic rings. The molecule has 1 aliphatic carbocycles. The van der Waals surface area contributed by atoms with E-state index in [1.54, 1.807) is 0 Å². The van der Waals surface area contributed by atoms with E-state index < -0.39 is 0 Å². The summed E-state index contributed by atoms with van der Waals surface area (Å²) in [6.45, 7) is 9.41. The number of amides is 1. The van der Waals surface area contributed by atoms with Gasteiger partial charge in [0, 0.05) is 12.6 Å². The van der Waals surface area contributed by atoms with E-state index in [0.29, 0.717) is 11.7 Å². The Hall–Kier alpha value is -1.27. The first kappa shape index (κ1) is 20.0. The predicted octanol–water partition coefficient (Wildman–Crippen LogP) is 4.47. The molecule has 0 aromatic heterocycles. The number of thiocarbonyl (C=S) groups is 1. The van der Waals surface area contributed by atoms with Crippen molar-refractivity contribution in [1.82, 2.24) is 10.6 Å². The van der Waals surface area contributed by atoms with Crippen molar-refractivity contribution in [3.8, 4) is 5.75 Å². The van der Waals surface area contributed by atoms with Gasteiger partial charge >= 0.3 is 0 Å². The molecule has 2 unspecified atom stereocenters. The zero-order valence-corrected chi connectivity index (χ0v) is 17.1. The van der Waals surface area contributed by atoms with Crippen molar-refractivity contribution in [3.63, 3.8) is 0 Å². The highest BCUT2D eigenvalue weighted by molar-refractivity contribution is 7.96. The van der Waals surface area contributed by atoms with Crippen LogP contribution in [-0.4, -0.2) is 23.0 Å². The van der Waals surface area contributed by atoms with Crippen LogP contribution in [0.5, 0.6) is 5.75 Å². The first-order chi connectivity index (χ1) is 11.6. The number of benzene rings is 1. The second-order valence-electron chi connectivity index (χ2n) is 8.21. The molecule has 1 saturated carbocycles. The van der Waals surface area contributed by atoms with Crippen molar-refractivity contribution in [2.24, 2.45) is 10.8 Å². The highest BCUT2D eigenvalue weighted by atomic mass is 32.1. The molecule has 1 aromatic carbocycles. The summed E-state index contributed by atoms with van der Waals surface area (Å²) in [5.41, 5.74) is 1.21. The van der Waals surface area contributed by atoms with Crippen LogP contribution in [0, 0.1) is 17.8 Å². The van der Waals surface area contributed by atoms with Crippen LogP contribution in [0.3, 0.4) is 0 Å². The summed E-state index contributed by atoms with van der Waals surface area (Å²) in [6, 6.07) is 7.94. The number of hydrogen-bond acceptors (Lipinski definition) is 3. The lowest BCUT2D eigenvalue weighted by Crippen LogP contribution is -2.49. The normalized spacial score (nSPS) is 25.1. The molecular formula is C19H28N2O2S2. The molecular weight excluding hydrogens is 352 g/mol. The quantitative estimate of drug-likeness (QED) is 0.533. The lowest BCUT2D eigenvalue weighted by molar-refractivity contribution is 0.0778. The van der Waals surface area contributed by atoms with Crippen molar-refractivity contribution in [2.45, 2.75) is 53.0 Å². The van der Waals surface area contributed by atoms with Gasteiger partial charge in [-0.3, -0.25) is 4.79 Å². The van der Waals surface area contributed by atoms with Crippen molar-refractivity contribution >= 4 is 35.3 Å². The molecule has 2 atom stereocenters. The fraction of sp³-hybridized carbons (Fsp3) is 0.579. The van der Waals surface area contributed by atoms with E-state index in [9.17, 15) is 4.79 Å². The van der Waals surface area contributed by atoms with Gasteiger partial charge in [0.05, 0.1) is 0 Å². The number of aryl methyl sites for hydroxylation is 1. The van der Waals surface area contributed by atoms with Crippen LogP contribution in [0.1, 0.15) is 45.6 Å². The molecule has 0 bridgehead atoms. The summed E-state index contributed by atoms with van der Waals surface area (Å²) in [7, 11) is 0. The predicted molar refractivity (Wildman–Crippen MR) is 109 cm³/mol. The first-order valence-electron chi connectivity index (χ1n) is 8.59. The van der Waals surface area contributed by atoms with Crippen molar-refractivity contribution < 1.29 is 9.53 Å². The van der Waals surface area contributed by atoms with Crippen molar-refractivity contribution in [3.05, 3.63) is 29.8 Å². The number of rotatable bonds is 4. The van der Waals surface area contributed by atoms with Crippen LogP contribution in [-0.2, 0) is 0 Å². The Morgan fingerprint density at radius 2 is 2.00 bits per heavy atom. The topological polar surface area (TPSA) is 50.4 Å². The molecule has 4 nitrogen and oxygen atoms in total. The Labute approximate surface area is 161 Å². The Kier molecular flexibility index (Phi) is 6.38. The minimum atomic E-state index is -0.267. The third kappa shape index (κ3) is 6.19. The fourth-order valence-electron chi connectivity index (χ4n) is 4.14. The molecule has 6 heteroatoms. The van der Waals surface area contributed by atoms with Gasteiger partial charge in [-0.1, -0.05) is 51.6 Å². The second-order valence-corrected chi connectivity index (χ2v) is 8.99. The number of ether oxygens (including phenoxy) is 1. The molecule has 0 radical (unpaired) electrons. The fourth-order valence-corrected chi connectivity index (χ4v) is 4.48. The van der Waals surface area contributed by atoms with Crippen molar-refractivity contribution in [1.29, 1.82) is 0 Å². The van der Waals surface area contributed by atoms with Crippen LogP contribution in [0.15, 0.2) is 24.3 Å². The van der Waals surface area contributed by atoms with Crippen LogP contribution < -0.4 is 15.4 Å². The van der Waals surface area contributed by atoms with Gasteiger partial charge in [0.2, 0.25) is 0 Å². The molecule has 1 fully saturated rings. The highest BCUT2D eigenvalue weighted by Gasteiger charge is 2.41. The molecule has 1 aromatic rings. The van der Waals surface area contributed by atoms with Gasteiger partial charge in [-0.05, 0) is 60.9 Å². The summed E-state index contributed by atoms with van der Waals surface area (Å²) in [5.74, 6) is 0.773. The van der Waals surface area contributed by atoms with E-state index in [2.05, 4.69) is 44.0 Å². The number of thiol groups is 1. The standard InChI is InChI=1S/C19H28N2O2S2/c1-13-7-5-6-8-15(13)23-17(25)20-12-19(4)10-14(21-16(22)24)9-18(2,3)11-19/h5-8,14H,9-12H2,1-4H3,(H,20,25)(H2,21,22,24). The minimum Gasteiger partial charge on any atom is -0.432 e. The number of para-hydroxylation sites is 1. The highest BCUT2D eigenvalue weighted by Crippen LogP contribution is 2.45. The largest absolute Gasteiger partial charge is 0.432 e. The third-order valence-electron chi connectivity index (χ3n) is 4.73. The Morgan fingerprint density at radius 3 is 2.64 bits per heavy atom. The summed E-state index contributed by atoms with van der Waals surface area (Å²) in [4.78, 5) is 11.3. The molecule has 0 spiro atoms. The maximum Gasteiger partial charge on any atom is 0.276 e. The van der Waals surface area contributed by atoms with Crippen LogP contribution >= 0.6 is 24.8 Å². The number of hydrogen-bond donors (Lipinski definition) is 3. The van der Waals surface area contributed by atoms with Gasteiger partial charge in [-0.2, -0.15) is 0 Å². The molecule has 2 rings (SSSR count). The van der Waals surface area contributed by atoms with Gasteiger partial charge in [0.1, 0.15) is 5.75 Å². The first-order valence-corrected chi connectivity index (χ1v) is 9.45. The lowest BCUT2D eigenvalue weighted by Gasteiger charge is -2.46. The summed E-state index contributed by atoms with van der Waals surface area (Å²) in [5, 5.41) is 6.33. The second kappa shape index (κ2) is 7.96. The summed E-state index contributed by atoms with van der Waals surface area (Å²) >= 11 is 9.22. The molecule has 138 valence electrons. The van der Waals surface area contributed by atoms with Crippen LogP contribution in [0.25, 0.3) is 0 Å². The van der Waals surface area contributed by atoms with E-state index in [4.69, 9.17) is 17.0 Å². The third-order valence-corrected chi connectivity index (χ3v) is 5.08. The van der Waals surface area contributed by atoms with E-state index in [0.717, 1.165) is 30.6 Å². The lowest BCUT2D eigenvalue weighted by atomic mass is 9.62. The van der Waals surface area contributed by atoms with Gasteiger partial charge in [-0.25, -0.2) is 0 Å². The van der Waals surface area contributed by atoms with E-state index in [1.165, 1.54) is 0 Å². The maximum atomic E-state index is 11.3. The molecule has 1 amide bonds. The van der Waals surface area contributed by atoms with E-state index >= 15 is 0 Å². The maximum absolute atomic E-state index is 11.3. The summed E-state index contributed by atoms with van der Waals surface area (Å²) < 4.78 is 5.76. The van der Waals surface area contributed by atoms with E-state index in [-0.39, 0.29) is 22.1 Å². The minimum absolute atomic E-state index is 0.0157. The zero-order valence-electron chi connectivity index (χ0n) is 15.4. The average Bonchev–Trinajstić information content (AvgIpc) is 2.45. The van der Waals surface area contributed by atoms with Gasteiger partial charge < -0.3 is 15.4 Å². The zero-order chi connectivity index (χ0) is 18.7. The molecule has 0 aliphatic heterocycles. The Morgan fingerprint density at radius 1 is 1.32 bits per heavy atom. The molecule has 0 saturated heterocycles. The summed E-state index contributed by atoms with van der Waals surface area (Å²) in [6.07, 6.45) is 2.90. The smallest absolute Gasteiger partial charge is 0.276 e. The van der Waals surface area contributed by atoms with E-state index in [1.807, 2.05) is 31.2 Å². The Bertz CT molecular complexity index is 648. The molecule has 0 heterocycles. The van der Waals surface area contributed by atoms with Crippen LogP contribution in [0.2, 0.25) is 0 Å². The van der Waals surface area contributed by atoms with Crippen molar-refractivity contribution in [2.75, 3.05) is 6.54 Å². The number of carbonyl (C=O) groups is 1. The van der Waals surface area contributed by atoms with Gasteiger partial charge in [0.15, 0.2) is 0 Å². The SMILES string of the molecule is Cc1ccccc1OC(=S)NCC1(C)CC(NC(=O)S)CC(C)(C)C1. The van der Waals surface area contributed by atoms with Crippen LogP contribution in [0.4, 0.5) is 4.79 Å². The number of nitrogens with one attached hydrogen (secondary N) is 2. The molecule has 25 heavy (non-hydrogen) atoms. The monoisotopic (exact) mass is 380 g/mol. The average molecular weight is 381 g/mol. The molecule has 2 N–H and O–H groups in total.